The molecule has 1 aromatic carbocycles. The molecular weight excluding hydrogens is 404 g/mol. The Morgan fingerprint density at radius 2 is 1.41 bits per heavy atom. The predicted octanol–water partition coefficient (Wildman–Crippen LogP) is 4.86. The van der Waals surface area contributed by atoms with Gasteiger partial charge in [-0.15, -0.1) is 0 Å². The van der Waals surface area contributed by atoms with Gasteiger partial charge in [-0.25, -0.2) is 0 Å². The maximum Gasteiger partial charge on any atom is 0.304 e. The summed E-state index contributed by atoms with van der Waals surface area (Å²) in [6.45, 7) is 2.22. The minimum absolute atomic E-state index is 0.213. The molecule has 0 fully saturated rings. The van der Waals surface area contributed by atoms with Gasteiger partial charge in [-0.2, -0.15) is 0 Å². The van der Waals surface area contributed by atoms with Gasteiger partial charge in [0, 0.05) is 19.4 Å². The van der Waals surface area contributed by atoms with Gasteiger partial charge in [-0.3, -0.25) is 14.4 Å². The van der Waals surface area contributed by atoms with Crippen LogP contribution in [0.25, 0.3) is 0 Å². The fourth-order valence-corrected chi connectivity index (χ4v) is 3.94. The highest BCUT2D eigenvalue weighted by atomic mass is 16.4. The minimum atomic E-state index is -0.989. The van der Waals surface area contributed by atoms with E-state index in [1.807, 2.05) is 30.3 Å². The Hall–Kier alpha value is -2.37. The summed E-state index contributed by atoms with van der Waals surface area (Å²) < 4.78 is 0. The van der Waals surface area contributed by atoms with E-state index in [2.05, 4.69) is 17.6 Å². The van der Waals surface area contributed by atoms with Crippen LogP contribution in [0.2, 0.25) is 0 Å². The van der Waals surface area contributed by atoms with Gasteiger partial charge in [-0.05, 0) is 12.0 Å². The molecule has 2 unspecified atom stereocenters. The van der Waals surface area contributed by atoms with Crippen LogP contribution < -0.4 is 10.6 Å². The summed E-state index contributed by atoms with van der Waals surface area (Å²) in [7, 11) is 1.53. The SMILES string of the molecule is CCCCCCCCCCCCC(CC(=O)O)C(=O)NC(Cc1ccccc1)C(=O)NC. The van der Waals surface area contributed by atoms with Crippen LogP contribution in [0.3, 0.4) is 0 Å². The molecule has 6 nitrogen and oxygen atoms in total. The zero-order valence-corrected chi connectivity index (χ0v) is 19.9. The first kappa shape index (κ1) is 27.7. The van der Waals surface area contributed by atoms with E-state index < -0.39 is 17.9 Å². The molecule has 2 atom stereocenters. The molecule has 0 heterocycles. The van der Waals surface area contributed by atoms with Crippen molar-refractivity contribution in [3.05, 3.63) is 35.9 Å². The van der Waals surface area contributed by atoms with Gasteiger partial charge in [0.2, 0.25) is 11.8 Å². The van der Waals surface area contributed by atoms with Crippen LogP contribution in [0, 0.1) is 5.92 Å². The predicted molar refractivity (Wildman–Crippen MR) is 128 cm³/mol. The number of likely N-dealkylation sites (N-methyl/N-ethyl adjacent to an activating group) is 1. The van der Waals surface area contributed by atoms with Crippen LogP contribution in [0.1, 0.15) is 89.5 Å². The van der Waals surface area contributed by atoms with Crippen molar-refractivity contribution in [3.8, 4) is 0 Å². The molecule has 2 amide bonds. The summed E-state index contributed by atoms with van der Waals surface area (Å²) >= 11 is 0. The molecule has 0 aromatic heterocycles. The first-order chi connectivity index (χ1) is 15.5. The Kier molecular flexibility index (Phi) is 14.9. The highest BCUT2D eigenvalue weighted by Crippen LogP contribution is 2.17. The second-order valence-electron chi connectivity index (χ2n) is 8.63. The van der Waals surface area contributed by atoms with Gasteiger partial charge in [0.25, 0.3) is 0 Å². The van der Waals surface area contributed by atoms with Crippen molar-refractivity contribution in [1.82, 2.24) is 10.6 Å². The molecule has 32 heavy (non-hydrogen) atoms. The van der Waals surface area contributed by atoms with Gasteiger partial charge in [0.05, 0.1) is 6.42 Å². The van der Waals surface area contributed by atoms with E-state index in [9.17, 15) is 19.5 Å². The summed E-state index contributed by atoms with van der Waals surface area (Å²) in [4.78, 5) is 36.4. The normalized spacial score (nSPS) is 12.7. The lowest BCUT2D eigenvalue weighted by atomic mass is 9.95. The van der Waals surface area contributed by atoms with Gasteiger partial charge in [0.1, 0.15) is 6.04 Å². The van der Waals surface area contributed by atoms with E-state index >= 15 is 0 Å². The molecule has 0 radical (unpaired) electrons. The molecule has 0 saturated carbocycles. The highest BCUT2D eigenvalue weighted by Gasteiger charge is 2.26. The van der Waals surface area contributed by atoms with E-state index in [-0.39, 0.29) is 18.2 Å². The number of rotatable bonds is 18. The standard InChI is InChI=1S/C26H42N2O4/c1-3-4-5-6-7-8-9-10-11-15-18-22(20-24(29)30)25(31)28-23(26(32)27-2)19-21-16-13-12-14-17-21/h12-14,16-17,22-23H,3-11,15,18-20H2,1-2H3,(H,27,32)(H,28,31)(H,29,30). The number of nitrogens with one attached hydrogen (secondary N) is 2. The number of carboxylic acid groups (broad SMARTS) is 1. The third-order valence-electron chi connectivity index (χ3n) is 5.86. The number of aliphatic carboxylic acids is 1. The second-order valence-corrected chi connectivity index (χ2v) is 8.63. The lowest BCUT2D eigenvalue weighted by Crippen LogP contribution is -2.49. The maximum atomic E-state index is 12.8. The van der Waals surface area contributed by atoms with Crippen molar-refractivity contribution >= 4 is 17.8 Å². The van der Waals surface area contributed by atoms with Crippen molar-refractivity contribution < 1.29 is 19.5 Å². The molecule has 1 rings (SSSR count). The van der Waals surface area contributed by atoms with Gasteiger partial charge >= 0.3 is 5.97 Å². The molecule has 1 aromatic rings. The van der Waals surface area contributed by atoms with E-state index in [4.69, 9.17) is 0 Å². The maximum absolute atomic E-state index is 12.8. The van der Waals surface area contributed by atoms with Crippen LogP contribution in [-0.4, -0.2) is 36.0 Å². The van der Waals surface area contributed by atoms with Crippen LogP contribution in [-0.2, 0) is 20.8 Å². The zero-order valence-electron chi connectivity index (χ0n) is 19.9. The van der Waals surface area contributed by atoms with E-state index in [0.717, 1.165) is 24.8 Å². The highest BCUT2D eigenvalue weighted by molar-refractivity contribution is 5.89. The molecule has 180 valence electrons. The molecule has 0 aliphatic carbocycles. The molecule has 0 aliphatic heterocycles. The van der Waals surface area contributed by atoms with Crippen molar-refractivity contribution in [2.24, 2.45) is 5.92 Å². The Bertz CT molecular complexity index is 663. The monoisotopic (exact) mass is 446 g/mol. The Morgan fingerprint density at radius 1 is 0.844 bits per heavy atom. The molecular formula is C26H42N2O4. The number of unbranched alkanes of at least 4 members (excludes halogenated alkanes) is 9. The topological polar surface area (TPSA) is 95.5 Å². The fourth-order valence-electron chi connectivity index (χ4n) is 3.94. The van der Waals surface area contributed by atoms with Crippen molar-refractivity contribution in [1.29, 1.82) is 0 Å². The number of hydrogen-bond donors (Lipinski definition) is 3. The molecule has 6 heteroatoms. The van der Waals surface area contributed by atoms with E-state index in [0.29, 0.717) is 12.8 Å². The minimum Gasteiger partial charge on any atom is -0.481 e. The van der Waals surface area contributed by atoms with Crippen LogP contribution in [0.5, 0.6) is 0 Å². The number of carbonyl (C=O) groups excluding carboxylic acids is 2. The summed E-state index contributed by atoms with van der Waals surface area (Å²) in [5, 5.41) is 14.6. The number of amides is 2. The largest absolute Gasteiger partial charge is 0.481 e. The van der Waals surface area contributed by atoms with E-state index in [1.165, 1.54) is 52.0 Å². The number of benzene rings is 1. The summed E-state index contributed by atoms with van der Waals surface area (Å²) in [6.07, 6.45) is 12.6. The zero-order chi connectivity index (χ0) is 23.6. The summed E-state index contributed by atoms with van der Waals surface area (Å²) in [5.41, 5.74) is 0.936. The summed E-state index contributed by atoms with van der Waals surface area (Å²) in [5.74, 6) is -2.25. The molecule has 0 spiro atoms. The number of carbonyl (C=O) groups is 3. The second kappa shape index (κ2) is 17.2. The smallest absolute Gasteiger partial charge is 0.304 e. The van der Waals surface area contributed by atoms with Gasteiger partial charge < -0.3 is 15.7 Å². The lowest BCUT2D eigenvalue weighted by Gasteiger charge is -2.21. The molecule has 0 aliphatic rings. The fraction of sp³-hybridized carbons (Fsp3) is 0.654. The van der Waals surface area contributed by atoms with Crippen molar-refractivity contribution in [2.45, 2.75) is 96.4 Å². The number of carboxylic acids is 1. The van der Waals surface area contributed by atoms with Gasteiger partial charge in [0.15, 0.2) is 0 Å². The first-order valence-corrected chi connectivity index (χ1v) is 12.3. The van der Waals surface area contributed by atoms with Crippen molar-refractivity contribution in [2.75, 3.05) is 7.05 Å². The Morgan fingerprint density at radius 3 is 1.94 bits per heavy atom. The lowest BCUT2D eigenvalue weighted by molar-refractivity contribution is -0.141. The molecule has 0 saturated heterocycles. The van der Waals surface area contributed by atoms with Gasteiger partial charge in [-0.1, -0.05) is 101 Å². The van der Waals surface area contributed by atoms with E-state index in [1.54, 1.807) is 0 Å². The molecule has 3 N–H and O–H groups in total. The van der Waals surface area contributed by atoms with Crippen LogP contribution in [0.4, 0.5) is 0 Å². The quantitative estimate of drug-likeness (QED) is 0.281. The van der Waals surface area contributed by atoms with Crippen molar-refractivity contribution in [3.63, 3.8) is 0 Å². The third kappa shape index (κ3) is 12.5. The Labute approximate surface area is 193 Å². The Balaban J connectivity index is 2.47. The number of hydrogen-bond acceptors (Lipinski definition) is 3. The third-order valence-corrected chi connectivity index (χ3v) is 5.86. The molecule has 0 bridgehead atoms. The van der Waals surface area contributed by atoms with Crippen LogP contribution >= 0.6 is 0 Å². The average molecular weight is 447 g/mol. The average Bonchev–Trinajstić information content (AvgIpc) is 2.78. The van der Waals surface area contributed by atoms with Crippen LogP contribution in [0.15, 0.2) is 30.3 Å². The first-order valence-electron chi connectivity index (χ1n) is 12.3. The summed E-state index contributed by atoms with van der Waals surface area (Å²) in [6, 6.07) is 8.75.